The van der Waals surface area contributed by atoms with E-state index in [9.17, 15) is 9.59 Å². The standard InChI is InChI=1S/C32H27BrCl2N2O6S/c1-5-42-31(39)28-17(2)36-32-37(29(28)19-8-11-24(40-3)22(33)14-19)30(38)27(44-32)13-18-6-10-25(26(12-18)41-4)43-16-20-7-9-21(34)15-23(20)35/h6-15,29H,5,16H2,1-4H3/b27-13+/t29-/m1/s1. The molecule has 0 N–H and O–H groups in total. The zero-order chi connectivity index (χ0) is 31.5. The van der Waals surface area contributed by atoms with Crippen LogP contribution in [0.5, 0.6) is 17.2 Å². The lowest BCUT2D eigenvalue weighted by molar-refractivity contribution is -0.139. The summed E-state index contributed by atoms with van der Waals surface area (Å²) in [5.41, 5.74) is 2.68. The van der Waals surface area contributed by atoms with Crippen molar-refractivity contribution in [3.8, 4) is 17.2 Å². The van der Waals surface area contributed by atoms with E-state index in [-0.39, 0.29) is 18.8 Å². The van der Waals surface area contributed by atoms with Crippen molar-refractivity contribution in [3.63, 3.8) is 0 Å². The van der Waals surface area contributed by atoms with Crippen molar-refractivity contribution < 1.29 is 23.7 Å². The lowest BCUT2D eigenvalue weighted by Gasteiger charge is -2.25. The number of carbonyl (C=O) groups is 1. The van der Waals surface area contributed by atoms with Crippen LogP contribution in [0.3, 0.4) is 0 Å². The van der Waals surface area contributed by atoms with Gasteiger partial charge in [0.25, 0.3) is 5.56 Å². The summed E-state index contributed by atoms with van der Waals surface area (Å²) in [7, 11) is 3.11. The first-order valence-corrected chi connectivity index (χ1v) is 15.8. The van der Waals surface area contributed by atoms with E-state index in [0.717, 1.165) is 5.56 Å². The number of hydrogen-bond donors (Lipinski definition) is 0. The first-order chi connectivity index (χ1) is 21.1. The van der Waals surface area contributed by atoms with Crippen molar-refractivity contribution >= 4 is 62.5 Å². The van der Waals surface area contributed by atoms with Gasteiger partial charge in [-0.15, -0.1) is 0 Å². The third kappa shape index (κ3) is 6.44. The number of thiazole rings is 1. The second kappa shape index (κ2) is 13.6. The Labute approximate surface area is 275 Å². The fourth-order valence-electron chi connectivity index (χ4n) is 4.80. The topological polar surface area (TPSA) is 88.4 Å². The molecule has 0 aliphatic carbocycles. The summed E-state index contributed by atoms with van der Waals surface area (Å²) in [4.78, 5) is 32.2. The van der Waals surface area contributed by atoms with Gasteiger partial charge in [-0.25, -0.2) is 9.79 Å². The van der Waals surface area contributed by atoms with Crippen LogP contribution in [-0.4, -0.2) is 31.4 Å². The minimum Gasteiger partial charge on any atom is -0.496 e. The van der Waals surface area contributed by atoms with Crippen LogP contribution in [0.4, 0.5) is 0 Å². The summed E-state index contributed by atoms with van der Waals surface area (Å²) in [5, 5.41) is 1.05. The number of allylic oxidation sites excluding steroid dienone is 1. The first-order valence-electron chi connectivity index (χ1n) is 13.4. The van der Waals surface area contributed by atoms with Gasteiger partial charge in [0.1, 0.15) is 12.4 Å². The van der Waals surface area contributed by atoms with Crippen LogP contribution in [0, 0.1) is 0 Å². The molecule has 0 saturated carbocycles. The lowest BCUT2D eigenvalue weighted by Crippen LogP contribution is -2.39. The van der Waals surface area contributed by atoms with Gasteiger partial charge in [-0.1, -0.05) is 52.7 Å². The van der Waals surface area contributed by atoms with Crippen LogP contribution in [0.1, 0.15) is 36.6 Å². The molecule has 0 bridgehead atoms. The molecule has 2 heterocycles. The second-order valence-corrected chi connectivity index (χ2v) is 12.3. The van der Waals surface area contributed by atoms with E-state index in [1.54, 1.807) is 70.5 Å². The molecule has 5 rings (SSSR count). The predicted molar refractivity (Wildman–Crippen MR) is 175 cm³/mol. The summed E-state index contributed by atoms with van der Waals surface area (Å²) >= 11 is 17.1. The normalized spacial score (nSPS) is 14.6. The molecule has 1 aliphatic heterocycles. The highest BCUT2D eigenvalue weighted by molar-refractivity contribution is 9.10. The Morgan fingerprint density at radius 3 is 2.48 bits per heavy atom. The molecule has 0 fully saturated rings. The third-order valence-corrected chi connectivity index (χ3v) is 9.08. The Hall–Kier alpha value is -3.57. The number of aromatic nitrogens is 1. The first kappa shape index (κ1) is 31.8. The molecule has 0 amide bonds. The lowest BCUT2D eigenvalue weighted by atomic mass is 9.96. The van der Waals surface area contributed by atoms with Gasteiger partial charge in [-0.3, -0.25) is 9.36 Å². The smallest absolute Gasteiger partial charge is 0.338 e. The molecule has 4 aromatic rings. The van der Waals surface area contributed by atoms with Crippen LogP contribution >= 0.6 is 50.5 Å². The van der Waals surface area contributed by atoms with Gasteiger partial charge in [0.15, 0.2) is 16.3 Å². The largest absolute Gasteiger partial charge is 0.496 e. The monoisotopic (exact) mass is 716 g/mol. The highest BCUT2D eigenvalue weighted by Gasteiger charge is 2.33. The molecular weight excluding hydrogens is 691 g/mol. The number of hydrogen-bond acceptors (Lipinski definition) is 8. The van der Waals surface area contributed by atoms with E-state index < -0.39 is 12.0 Å². The zero-order valence-corrected chi connectivity index (χ0v) is 28.1. The maximum Gasteiger partial charge on any atom is 0.338 e. The van der Waals surface area contributed by atoms with Gasteiger partial charge in [0.2, 0.25) is 0 Å². The van der Waals surface area contributed by atoms with Crippen molar-refractivity contribution in [1.29, 1.82) is 0 Å². The Balaban J connectivity index is 1.55. The average molecular weight is 718 g/mol. The fourth-order valence-corrected chi connectivity index (χ4v) is 6.87. The Morgan fingerprint density at radius 1 is 1.05 bits per heavy atom. The molecule has 1 atom stereocenters. The summed E-state index contributed by atoms with van der Waals surface area (Å²) in [6.07, 6.45) is 1.76. The maximum atomic E-state index is 14.0. The van der Waals surface area contributed by atoms with E-state index in [2.05, 4.69) is 20.9 Å². The average Bonchev–Trinajstić information content (AvgIpc) is 3.30. The van der Waals surface area contributed by atoms with Crippen molar-refractivity contribution in [2.45, 2.75) is 26.5 Å². The Bertz CT molecular complexity index is 1970. The third-order valence-electron chi connectivity index (χ3n) is 6.89. The zero-order valence-electron chi connectivity index (χ0n) is 24.2. The van der Waals surface area contributed by atoms with Crippen LogP contribution < -0.4 is 29.1 Å². The molecule has 8 nitrogen and oxygen atoms in total. The molecule has 1 aromatic heterocycles. The van der Waals surface area contributed by atoms with E-state index in [1.165, 1.54) is 15.9 Å². The number of methoxy groups -OCH3 is 2. The highest BCUT2D eigenvalue weighted by atomic mass is 79.9. The van der Waals surface area contributed by atoms with Crippen molar-refractivity contribution in [2.24, 2.45) is 4.99 Å². The minimum absolute atomic E-state index is 0.188. The summed E-state index contributed by atoms with van der Waals surface area (Å²) in [6.45, 7) is 3.89. The Morgan fingerprint density at radius 2 is 1.80 bits per heavy atom. The van der Waals surface area contributed by atoms with E-state index in [4.69, 9.17) is 42.1 Å². The summed E-state index contributed by atoms with van der Waals surface area (Å²) in [6, 6.07) is 15.3. The van der Waals surface area contributed by atoms with E-state index >= 15 is 0 Å². The van der Waals surface area contributed by atoms with Crippen LogP contribution in [0.2, 0.25) is 10.0 Å². The fraction of sp³-hybridized carbons (Fsp3) is 0.219. The number of fused-ring (bicyclic) bond motifs is 1. The molecular formula is C32H27BrCl2N2O6S. The van der Waals surface area contributed by atoms with Crippen molar-refractivity contribution in [2.75, 3.05) is 20.8 Å². The van der Waals surface area contributed by atoms with Crippen LogP contribution in [0.25, 0.3) is 6.08 Å². The number of halogens is 3. The predicted octanol–water partition coefficient (Wildman–Crippen LogP) is 6.46. The van der Waals surface area contributed by atoms with Crippen LogP contribution in [-0.2, 0) is 16.1 Å². The molecule has 0 radical (unpaired) electrons. The molecule has 44 heavy (non-hydrogen) atoms. The number of ether oxygens (including phenoxy) is 4. The van der Waals surface area contributed by atoms with Gasteiger partial charge in [0.05, 0.1) is 47.1 Å². The number of benzene rings is 3. The number of carbonyl (C=O) groups excluding carboxylic acids is 1. The quantitative estimate of drug-likeness (QED) is 0.185. The molecule has 12 heteroatoms. The van der Waals surface area contributed by atoms with E-state index in [1.807, 2.05) is 18.2 Å². The van der Waals surface area contributed by atoms with E-state index in [0.29, 0.717) is 63.5 Å². The molecule has 1 aliphatic rings. The number of esters is 1. The second-order valence-electron chi connectivity index (χ2n) is 9.63. The number of nitrogens with zero attached hydrogens (tertiary/aromatic N) is 2. The summed E-state index contributed by atoms with van der Waals surface area (Å²) in [5.74, 6) is 1.09. The summed E-state index contributed by atoms with van der Waals surface area (Å²) < 4.78 is 25.0. The molecule has 0 unspecified atom stereocenters. The molecule has 0 saturated heterocycles. The minimum atomic E-state index is -0.750. The molecule has 3 aromatic carbocycles. The van der Waals surface area contributed by atoms with Gasteiger partial charge >= 0.3 is 5.97 Å². The highest BCUT2D eigenvalue weighted by Crippen LogP contribution is 2.35. The van der Waals surface area contributed by atoms with Gasteiger partial charge in [-0.05, 0) is 83.4 Å². The molecule has 228 valence electrons. The van der Waals surface area contributed by atoms with Crippen LogP contribution in [0.15, 0.2) is 80.1 Å². The van der Waals surface area contributed by atoms with Crippen molar-refractivity contribution in [3.05, 3.63) is 117 Å². The van der Waals surface area contributed by atoms with Gasteiger partial charge < -0.3 is 18.9 Å². The Kier molecular flexibility index (Phi) is 9.84. The SMILES string of the molecule is CCOC(=O)C1=C(C)N=c2s/c(=C/c3ccc(OCc4ccc(Cl)cc4Cl)c(OC)c3)c(=O)n2[C@@H]1c1ccc(OC)c(Br)c1. The van der Waals surface area contributed by atoms with Crippen molar-refractivity contribution in [1.82, 2.24) is 4.57 Å². The van der Waals surface area contributed by atoms with Gasteiger partial charge in [0, 0.05) is 15.6 Å². The van der Waals surface area contributed by atoms with Gasteiger partial charge in [-0.2, -0.15) is 0 Å². The molecule has 0 spiro atoms. The number of rotatable bonds is 9. The maximum absolute atomic E-state index is 14.0.